The maximum absolute atomic E-state index is 11.5. The first-order valence-electron chi connectivity index (χ1n) is 4.74. The zero-order valence-electron chi connectivity index (χ0n) is 8.45. The number of hydrogen-bond acceptors (Lipinski definition) is 5. The molecule has 0 spiro atoms. The zero-order valence-corrected chi connectivity index (χ0v) is 10.1. The van der Waals surface area contributed by atoms with Gasteiger partial charge >= 0.3 is 0 Å². The molecule has 1 aromatic rings. The lowest BCUT2D eigenvalue weighted by molar-refractivity contribution is 0.901. The number of aromatic nitrogens is 2. The van der Waals surface area contributed by atoms with Crippen LogP contribution in [0.2, 0.25) is 0 Å². The van der Waals surface area contributed by atoms with E-state index in [1.54, 1.807) is 6.92 Å². The van der Waals surface area contributed by atoms with Gasteiger partial charge in [-0.05, 0) is 6.92 Å². The number of H-pyrrole nitrogens is 1. The third-order valence-electron chi connectivity index (χ3n) is 2.33. The summed E-state index contributed by atoms with van der Waals surface area (Å²) in [5, 5.41) is 0.277. The van der Waals surface area contributed by atoms with E-state index in [0.29, 0.717) is 11.4 Å². The summed E-state index contributed by atoms with van der Waals surface area (Å²) < 4.78 is 0. The van der Waals surface area contributed by atoms with Crippen molar-refractivity contribution in [2.75, 3.05) is 23.0 Å². The van der Waals surface area contributed by atoms with Crippen molar-refractivity contribution in [3.05, 3.63) is 21.7 Å². The van der Waals surface area contributed by atoms with Crippen molar-refractivity contribution in [1.29, 1.82) is 0 Å². The Morgan fingerprint density at radius 3 is 2.93 bits per heavy atom. The monoisotopic (exact) mass is 243 g/mol. The predicted octanol–water partition coefficient (Wildman–Crippen LogP) is 1.18. The minimum Gasteiger partial charge on any atom is -0.383 e. The molecule has 82 valence electrons. The van der Waals surface area contributed by atoms with Gasteiger partial charge in [0.15, 0.2) is 0 Å². The van der Waals surface area contributed by atoms with Crippen molar-refractivity contribution in [3.63, 3.8) is 0 Å². The van der Waals surface area contributed by atoms with Crippen LogP contribution in [0.5, 0.6) is 0 Å². The fraction of sp³-hybridized carbons (Fsp3) is 0.556. The van der Waals surface area contributed by atoms with Crippen molar-refractivity contribution in [3.8, 4) is 0 Å². The van der Waals surface area contributed by atoms with Crippen LogP contribution in [0.15, 0.2) is 4.79 Å². The fourth-order valence-corrected chi connectivity index (χ4v) is 3.99. The van der Waals surface area contributed by atoms with E-state index in [4.69, 9.17) is 5.73 Å². The fourth-order valence-electron chi connectivity index (χ4n) is 1.37. The van der Waals surface area contributed by atoms with Gasteiger partial charge in [0, 0.05) is 17.3 Å². The van der Waals surface area contributed by atoms with Gasteiger partial charge in [0.25, 0.3) is 5.56 Å². The smallest absolute Gasteiger partial charge is 0.255 e. The van der Waals surface area contributed by atoms with Crippen LogP contribution < -0.4 is 11.3 Å². The largest absolute Gasteiger partial charge is 0.383 e. The molecule has 1 aliphatic heterocycles. The van der Waals surface area contributed by atoms with Gasteiger partial charge in [0.1, 0.15) is 11.6 Å². The van der Waals surface area contributed by atoms with E-state index >= 15 is 0 Å². The van der Waals surface area contributed by atoms with Crippen molar-refractivity contribution in [2.45, 2.75) is 12.2 Å². The van der Waals surface area contributed by atoms with Gasteiger partial charge in [-0.25, -0.2) is 4.98 Å². The van der Waals surface area contributed by atoms with Crippen LogP contribution in [-0.2, 0) is 0 Å². The Balaban J connectivity index is 2.32. The summed E-state index contributed by atoms with van der Waals surface area (Å²) in [6.07, 6.45) is 0. The van der Waals surface area contributed by atoms with E-state index in [1.807, 2.05) is 23.5 Å². The Kier molecular flexibility index (Phi) is 3.25. The molecule has 0 bridgehead atoms. The molecule has 0 amide bonds. The van der Waals surface area contributed by atoms with E-state index < -0.39 is 0 Å². The molecule has 6 heteroatoms. The molecule has 15 heavy (non-hydrogen) atoms. The molecule has 4 nitrogen and oxygen atoms in total. The SMILES string of the molecule is Cc1c(N)nc(C2CSCCS2)[nH]c1=O. The van der Waals surface area contributed by atoms with Gasteiger partial charge in [-0.2, -0.15) is 11.8 Å². The first-order chi connectivity index (χ1) is 7.18. The average Bonchev–Trinajstić information content (AvgIpc) is 2.26. The Hall–Kier alpha value is -0.620. The van der Waals surface area contributed by atoms with Gasteiger partial charge in [-0.3, -0.25) is 4.79 Å². The predicted molar refractivity (Wildman–Crippen MR) is 66.5 cm³/mol. The minimum absolute atomic E-state index is 0.117. The molecule has 0 aromatic carbocycles. The van der Waals surface area contributed by atoms with E-state index in [-0.39, 0.29) is 10.8 Å². The molecule has 1 saturated heterocycles. The highest BCUT2D eigenvalue weighted by Gasteiger charge is 2.19. The first-order valence-corrected chi connectivity index (χ1v) is 6.94. The van der Waals surface area contributed by atoms with Crippen LogP contribution in [0.1, 0.15) is 16.6 Å². The van der Waals surface area contributed by atoms with Crippen LogP contribution in [0.3, 0.4) is 0 Å². The molecule has 0 saturated carbocycles. The second-order valence-electron chi connectivity index (χ2n) is 3.40. The standard InChI is InChI=1S/C9H13N3OS2/c1-5-7(10)11-8(12-9(5)13)6-4-14-2-3-15-6/h6H,2-4H2,1H3,(H3,10,11,12,13). The number of aromatic amines is 1. The highest BCUT2D eigenvalue weighted by atomic mass is 32.2. The highest BCUT2D eigenvalue weighted by Crippen LogP contribution is 2.34. The van der Waals surface area contributed by atoms with Crippen molar-refractivity contribution < 1.29 is 0 Å². The lowest BCUT2D eigenvalue weighted by Crippen LogP contribution is -2.20. The maximum Gasteiger partial charge on any atom is 0.255 e. The third kappa shape index (κ3) is 2.31. The molecule has 2 rings (SSSR count). The third-order valence-corrected chi connectivity index (χ3v) is 5.09. The van der Waals surface area contributed by atoms with Crippen LogP contribution in [0, 0.1) is 6.92 Å². The van der Waals surface area contributed by atoms with Crippen LogP contribution in [0.4, 0.5) is 5.82 Å². The molecular weight excluding hydrogens is 230 g/mol. The van der Waals surface area contributed by atoms with Crippen molar-refractivity contribution in [1.82, 2.24) is 9.97 Å². The summed E-state index contributed by atoms with van der Waals surface area (Å²) in [6.45, 7) is 1.69. The van der Waals surface area contributed by atoms with E-state index in [9.17, 15) is 4.79 Å². The highest BCUT2D eigenvalue weighted by molar-refractivity contribution is 8.06. The normalized spacial score (nSPS) is 21.5. The van der Waals surface area contributed by atoms with Crippen molar-refractivity contribution in [2.24, 2.45) is 0 Å². The number of hydrogen-bond donors (Lipinski definition) is 2. The quantitative estimate of drug-likeness (QED) is 0.775. The molecule has 1 atom stereocenters. The number of nitrogens with one attached hydrogen (secondary N) is 1. The summed E-state index contributed by atoms with van der Waals surface area (Å²) in [5.41, 5.74) is 6.07. The Bertz CT molecular complexity index is 412. The lowest BCUT2D eigenvalue weighted by Gasteiger charge is -2.20. The van der Waals surface area contributed by atoms with Gasteiger partial charge in [0.05, 0.1) is 10.8 Å². The summed E-state index contributed by atoms with van der Waals surface area (Å²) in [6, 6.07) is 0. The molecule has 1 aromatic heterocycles. The molecule has 2 heterocycles. The van der Waals surface area contributed by atoms with E-state index in [2.05, 4.69) is 9.97 Å². The van der Waals surface area contributed by atoms with Crippen molar-refractivity contribution >= 4 is 29.3 Å². The summed E-state index contributed by atoms with van der Waals surface area (Å²) in [7, 11) is 0. The Morgan fingerprint density at radius 2 is 2.33 bits per heavy atom. The summed E-state index contributed by atoms with van der Waals surface area (Å²) >= 11 is 3.72. The van der Waals surface area contributed by atoms with Gasteiger partial charge in [-0.15, -0.1) is 11.8 Å². The van der Waals surface area contributed by atoms with Gasteiger partial charge in [0.2, 0.25) is 0 Å². The Morgan fingerprint density at radius 1 is 1.53 bits per heavy atom. The number of nitrogens with two attached hydrogens (primary N) is 1. The molecule has 1 unspecified atom stereocenters. The maximum atomic E-state index is 11.5. The van der Waals surface area contributed by atoms with E-state index in [0.717, 1.165) is 17.3 Å². The molecular formula is C9H13N3OS2. The summed E-state index contributed by atoms with van der Waals surface area (Å²) in [4.78, 5) is 18.6. The van der Waals surface area contributed by atoms with Gasteiger partial charge in [-0.1, -0.05) is 0 Å². The average molecular weight is 243 g/mol. The molecule has 3 N–H and O–H groups in total. The zero-order chi connectivity index (χ0) is 10.8. The topological polar surface area (TPSA) is 71.8 Å². The number of nitrogen functional groups attached to an aromatic ring is 1. The number of nitrogens with zero attached hydrogens (tertiary/aromatic N) is 1. The van der Waals surface area contributed by atoms with Crippen LogP contribution in [0.25, 0.3) is 0 Å². The number of thioether (sulfide) groups is 2. The first kappa shape index (κ1) is 10.9. The van der Waals surface area contributed by atoms with Crippen LogP contribution >= 0.6 is 23.5 Å². The Labute approximate surface area is 96.4 Å². The number of rotatable bonds is 1. The number of anilines is 1. The van der Waals surface area contributed by atoms with Gasteiger partial charge < -0.3 is 10.7 Å². The molecule has 1 fully saturated rings. The lowest BCUT2D eigenvalue weighted by atomic mass is 10.3. The minimum atomic E-state index is -0.117. The molecule has 0 aliphatic carbocycles. The molecule has 0 radical (unpaired) electrons. The second kappa shape index (κ2) is 4.49. The van der Waals surface area contributed by atoms with Crippen LogP contribution in [-0.4, -0.2) is 27.2 Å². The second-order valence-corrected chi connectivity index (χ2v) is 5.86. The summed E-state index contributed by atoms with van der Waals surface area (Å²) in [5.74, 6) is 4.35. The van der Waals surface area contributed by atoms with E-state index in [1.165, 1.54) is 5.75 Å². The molecule has 1 aliphatic rings.